The van der Waals surface area contributed by atoms with E-state index in [-0.39, 0.29) is 29.4 Å². The average molecular weight is 489 g/mol. The lowest BCUT2D eigenvalue weighted by molar-refractivity contribution is -0.141. The Morgan fingerprint density at radius 2 is 1.91 bits per heavy atom. The van der Waals surface area contributed by atoms with Crippen LogP contribution in [0, 0.1) is 5.92 Å². The van der Waals surface area contributed by atoms with E-state index < -0.39 is 5.60 Å². The lowest BCUT2D eigenvalue weighted by Gasteiger charge is -2.39. The molecule has 1 aromatic carbocycles. The summed E-state index contributed by atoms with van der Waals surface area (Å²) in [5.41, 5.74) is 7.92. The number of nitrogens with two attached hydrogens (primary N) is 1. The number of nitrogens with one attached hydrogen (secondary N) is 1. The number of carbonyl (C=O) groups is 2. The molecule has 8 heteroatoms. The standard InChI is InChI=1S/C27H44N4O4/c1-7-30(8-2)20-9-10-21-19(3)22(24(32)34-23(21)17-20)11-14-29-18-27(28)12-15-31(16-13-27)25(33)35-26(4,5)6/h9-10,17,19,22,29H,7-8,11-16,18,28H2,1-6H3. The number of likely N-dealkylation sites (tertiary alicyclic amines) is 1. The van der Waals surface area contributed by atoms with E-state index in [4.69, 9.17) is 15.2 Å². The smallest absolute Gasteiger partial charge is 0.410 e. The molecule has 2 aliphatic heterocycles. The quantitative estimate of drug-likeness (QED) is 0.326. The van der Waals surface area contributed by atoms with Gasteiger partial charge in [-0.15, -0.1) is 0 Å². The number of rotatable bonds is 8. The third-order valence-corrected chi connectivity index (χ3v) is 7.25. The molecule has 0 radical (unpaired) electrons. The first kappa shape index (κ1) is 27.3. The first-order chi connectivity index (χ1) is 16.5. The van der Waals surface area contributed by atoms with Gasteiger partial charge in [-0.05, 0) is 78.0 Å². The van der Waals surface area contributed by atoms with Crippen molar-refractivity contribution >= 4 is 17.7 Å². The lowest BCUT2D eigenvalue weighted by Crippen LogP contribution is -2.57. The van der Waals surface area contributed by atoms with Crippen LogP contribution in [0.5, 0.6) is 5.75 Å². The molecule has 3 rings (SSSR count). The van der Waals surface area contributed by atoms with Gasteiger partial charge < -0.3 is 30.3 Å². The summed E-state index contributed by atoms with van der Waals surface area (Å²) in [7, 11) is 0. The number of hydrogen-bond acceptors (Lipinski definition) is 7. The van der Waals surface area contributed by atoms with Gasteiger partial charge in [-0.1, -0.05) is 13.0 Å². The number of benzene rings is 1. The number of carbonyl (C=O) groups excluding carboxylic acids is 2. The Balaban J connectivity index is 1.48. The number of esters is 1. The Morgan fingerprint density at radius 3 is 2.51 bits per heavy atom. The summed E-state index contributed by atoms with van der Waals surface area (Å²) >= 11 is 0. The van der Waals surface area contributed by atoms with Crippen LogP contribution < -0.4 is 20.7 Å². The van der Waals surface area contributed by atoms with Crippen LogP contribution in [0.25, 0.3) is 0 Å². The van der Waals surface area contributed by atoms with Gasteiger partial charge in [0.05, 0.1) is 5.92 Å². The number of ether oxygens (including phenoxy) is 2. The molecule has 0 aliphatic carbocycles. The molecule has 8 nitrogen and oxygen atoms in total. The first-order valence-corrected chi connectivity index (χ1v) is 13.0. The molecule has 35 heavy (non-hydrogen) atoms. The Kier molecular flexibility index (Phi) is 8.70. The van der Waals surface area contributed by atoms with Crippen molar-refractivity contribution in [1.82, 2.24) is 10.2 Å². The van der Waals surface area contributed by atoms with E-state index >= 15 is 0 Å². The van der Waals surface area contributed by atoms with Crippen molar-refractivity contribution < 1.29 is 19.1 Å². The topological polar surface area (TPSA) is 97.1 Å². The fraction of sp³-hybridized carbons (Fsp3) is 0.704. The minimum absolute atomic E-state index is 0.0997. The molecule has 2 atom stereocenters. The van der Waals surface area contributed by atoms with Crippen molar-refractivity contribution in [2.45, 2.75) is 77.9 Å². The van der Waals surface area contributed by atoms with E-state index in [0.29, 0.717) is 51.2 Å². The molecule has 1 fully saturated rings. The molecular formula is C27H44N4O4. The minimum atomic E-state index is -0.499. The van der Waals surface area contributed by atoms with E-state index in [9.17, 15) is 9.59 Å². The summed E-state index contributed by atoms with van der Waals surface area (Å²) in [6.45, 7) is 16.3. The monoisotopic (exact) mass is 488 g/mol. The zero-order valence-corrected chi connectivity index (χ0v) is 22.4. The van der Waals surface area contributed by atoms with Crippen molar-refractivity contribution in [3.05, 3.63) is 23.8 Å². The van der Waals surface area contributed by atoms with Gasteiger partial charge in [0.25, 0.3) is 0 Å². The van der Waals surface area contributed by atoms with Crippen LogP contribution in [-0.4, -0.2) is 67.4 Å². The Bertz CT molecular complexity index is 886. The summed E-state index contributed by atoms with van der Waals surface area (Å²) in [6.07, 6.45) is 1.84. The first-order valence-electron chi connectivity index (χ1n) is 13.0. The third-order valence-electron chi connectivity index (χ3n) is 7.25. The van der Waals surface area contributed by atoms with E-state index in [1.165, 1.54) is 0 Å². The third kappa shape index (κ3) is 6.88. The number of nitrogens with zero attached hydrogens (tertiary/aromatic N) is 2. The summed E-state index contributed by atoms with van der Waals surface area (Å²) in [6, 6.07) is 6.22. The van der Waals surface area contributed by atoms with Crippen molar-refractivity contribution in [1.29, 1.82) is 0 Å². The number of hydrogen-bond donors (Lipinski definition) is 2. The highest BCUT2D eigenvalue weighted by atomic mass is 16.6. The van der Waals surface area contributed by atoms with E-state index in [1.807, 2.05) is 26.8 Å². The van der Waals surface area contributed by atoms with Crippen molar-refractivity contribution in [2.75, 3.05) is 44.2 Å². The normalized spacial score (nSPS) is 21.8. The highest BCUT2D eigenvalue weighted by Gasteiger charge is 2.36. The maximum Gasteiger partial charge on any atom is 0.410 e. The van der Waals surface area contributed by atoms with Gasteiger partial charge in [0.2, 0.25) is 0 Å². The number of anilines is 1. The average Bonchev–Trinajstić information content (AvgIpc) is 2.78. The molecule has 2 heterocycles. The van der Waals surface area contributed by atoms with Gasteiger partial charge in [0.15, 0.2) is 0 Å². The molecule has 0 saturated carbocycles. The molecule has 3 N–H and O–H groups in total. The predicted octanol–water partition coefficient (Wildman–Crippen LogP) is 3.88. The Hall–Kier alpha value is -2.32. The van der Waals surface area contributed by atoms with E-state index in [1.54, 1.807) is 4.90 Å². The highest BCUT2D eigenvalue weighted by Crippen LogP contribution is 2.40. The maximum atomic E-state index is 12.8. The summed E-state index contributed by atoms with van der Waals surface area (Å²) in [5.74, 6) is 0.449. The lowest BCUT2D eigenvalue weighted by atomic mass is 9.82. The molecule has 2 unspecified atom stereocenters. The number of piperidine rings is 1. The van der Waals surface area contributed by atoms with Gasteiger partial charge in [-0.25, -0.2) is 4.79 Å². The highest BCUT2D eigenvalue weighted by molar-refractivity contribution is 5.80. The SMILES string of the molecule is CCN(CC)c1ccc2c(c1)OC(=O)C(CCNCC1(N)CCN(C(=O)OC(C)(C)C)CC1)C2C. The van der Waals surface area contributed by atoms with Gasteiger partial charge >= 0.3 is 12.1 Å². The van der Waals surface area contributed by atoms with Crippen molar-refractivity contribution in [3.8, 4) is 5.75 Å². The van der Waals surface area contributed by atoms with Gasteiger partial charge in [-0.2, -0.15) is 0 Å². The Morgan fingerprint density at radius 1 is 1.26 bits per heavy atom. The van der Waals surface area contributed by atoms with Crippen LogP contribution in [0.4, 0.5) is 10.5 Å². The molecule has 1 saturated heterocycles. The van der Waals surface area contributed by atoms with Crippen LogP contribution in [0.1, 0.15) is 72.3 Å². The maximum absolute atomic E-state index is 12.8. The summed E-state index contributed by atoms with van der Waals surface area (Å²) < 4.78 is 11.2. The second-order valence-electron chi connectivity index (χ2n) is 11.0. The Labute approximate surface area is 210 Å². The number of fused-ring (bicyclic) bond motifs is 1. The fourth-order valence-electron chi connectivity index (χ4n) is 4.98. The van der Waals surface area contributed by atoms with Gasteiger partial charge in [0, 0.05) is 50.0 Å². The minimum Gasteiger partial charge on any atom is -0.444 e. The number of amides is 1. The molecule has 0 bridgehead atoms. The second kappa shape index (κ2) is 11.2. The molecule has 0 spiro atoms. The predicted molar refractivity (Wildman–Crippen MR) is 139 cm³/mol. The molecular weight excluding hydrogens is 444 g/mol. The van der Waals surface area contributed by atoms with E-state index in [2.05, 4.69) is 43.1 Å². The van der Waals surface area contributed by atoms with Crippen LogP contribution >= 0.6 is 0 Å². The van der Waals surface area contributed by atoms with Crippen LogP contribution in [0.3, 0.4) is 0 Å². The van der Waals surface area contributed by atoms with Crippen LogP contribution in [-0.2, 0) is 9.53 Å². The van der Waals surface area contributed by atoms with Crippen molar-refractivity contribution in [2.24, 2.45) is 11.7 Å². The van der Waals surface area contributed by atoms with Crippen LogP contribution in [0.15, 0.2) is 18.2 Å². The summed E-state index contributed by atoms with van der Waals surface area (Å²) in [4.78, 5) is 29.1. The molecule has 1 aromatic rings. The van der Waals surface area contributed by atoms with E-state index in [0.717, 1.165) is 24.3 Å². The van der Waals surface area contributed by atoms with Crippen LogP contribution in [0.2, 0.25) is 0 Å². The molecule has 1 amide bonds. The molecule has 196 valence electrons. The largest absolute Gasteiger partial charge is 0.444 e. The van der Waals surface area contributed by atoms with Crippen molar-refractivity contribution in [3.63, 3.8) is 0 Å². The second-order valence-corrected chi connectivity index (χ2v) is 11.0. The molecule has 0 aromatic heterocycles. The molecule has 2 aliphatic rings. The fourth-order valence-corrected chi connectivity index (χ4v) is 4.98. The summed E-state index contributed by atoms with van der Waals surface area (Å²) in [5, 5.41) is 3.46. The van der Waals surface area contributed by atoms with Gasteiger partial charge in [-0.3, -0.25) is 4.79 Å². The van der Waals surface area contributed by atoms with Gasteiger partial charge in [0.1, 0.15) is 11.4 Å². The zero-order valence-electron chi connectivity index (χ0n) is 22.4. The zero-order chi connectivity index (χ0) is 25.8.